The number of carbonyl (C=O) groups is 1. The van der Waals surface area contributed by atoms with Crippen LogP contribution in [0.3, 0.4) is 0 Å². The summed E-state index contributed by atoms with van der Waals surface area (Å²) in [5.41, 5.74) is 2.81. The summed E-state index contributed by atoms with van der Waals surface area (Å²) in [5, 5.41) is 4.80. The van der Waals surface area contributed by atoms with Crippen LogP contribution in [0.2, 0.25) is 0 Å². The van der Waals surface area contributed by atoms with E-state index in [4.69, 9.17) is 4.74 Å². The van der Waals surface area contributed by atoms with E-state index in [-0.39, 0.29) is 18.1 Å². The fourth-order valence-electron chi connectivity index (χ4n) is 2.33. The number of methoxy groups -OCH3 is 1. The Balaban J connectivity index is 1.44. The molecule has 0 bridgehead atoms. The molecule has 1 amide bonds. The van der Waals surface area contributed by atoms with Crippen LogP contribution in [0.25, 0.3) is 0 Å². The van der Waals surface area contributed by atoms with E-state index >= 15 is 0 Å². The third-order valence-electron chi connectivity index (χ3n) is 3.80. The zero-order chi connectivity index (χ0) is 19.1. The van der Waals surface area contributed by atoms with E-state index in [1.165, 1.54) is 23.5 Å². The van der Waals surface area contributed by atoms with Gasteiger partial charge < -0.3 is 10.1 Å². The smallest absolute Gasteiger partial charge is 0.226 e. The summed E-state index contributed by atoms with van der Waals surface area (Å²) in [6, 6.07) is 14.0. The normalized spacial score (nSPS) is 10.6. The number of thiazole rings is 1. The predicted molar refractivity (Wildman–Crippen MR) is 107 cm³/mol. The molecule has 0 radical (unpaired) electrons. The number of aromatic nitrogens is 1. The van der Waals surface area contributed by atoms with Crippen molar-refractivity contribution in [3.63, 3.8) is 0 Å². The number of nitrogens with zero attached hydrogens (tertiary/aromatic N) is 1. The highest BCUT2D eigenvalue weighted by molar-refractivity contribution is 8.00. The van der Waals surface area contributed by atoms with Crippen LogP contribution >= 0.6 is 23.1 Å². The lowest BCUT2D eigenvalue weighted by Crippen LogP contribution is -2.24. The van der Waals surface area contributed by atoms with E-state index in [1.807, 2.05) is 29.6 Å². The summed E-state index contributed by atoms with van der Waals surface area (Å²) in [5.74, 6) is 1.21. The molecule has 1 N–H and O–H groups in total. The van der Waals surface area contributed by atoms with E-state index in [0.717, 1.165) is 32.7 Å². The molecule has 1 aromatic heterocycles. The van der Waals surface area contributed by atoms with Gasteiger partial charge >= 0.3 is 0 Å². The first-order valence-electron chi connectivity index (χ1n) is 8.33. The van der Waals surface area contributed by atoms with Gasteiger partial charge in [0.1, 0.15) is 15.9 Å². The Morgan fingerprint density at radius 1 is 1.15 bits per heavy atom. The van der Waals surface area contributed by atoms with Crippen LogP contribution in [0.1, 0.15) is 16.8 Å². The largest absolute Gasteiger partial charge is 0.497 e. The molecule has 0 spiro atoms. The van der Waals surface area contributed by atoms with Crippen molar-refractivity contribution in [1.29, 1.82) is 0 Å². The highest BCUT2D eigenvalue weighted by Crippen LogP contribution is 2.26. The fraction of sp³-hybridized carbons (Fsp3) is 0.200. The number of halogens is 1. The minimum absolute atomic E-state index is 0.0637. The zero-order valence-corrected chi connectivity index (χ0v) is 16.4. The van der Waals surface area contributed by atoms with Crippen molar-refractivity contribution in [3.05, 3.63) is 76.5 Å². The van der Waals surface area contributed by atoms with E-state index in [2.05, 4.69) is 10.3 Å². The maximum absolute atomic E-state index is 12.9. The molecule has 0 aliphatic heterocycles. The standard InChI is InChI=1S/C20H19FN2O2S2/c1-25-18-8-4-14(5-9-18)11-22-19(24)10-17-13-27-20(23-17)26-12-15-2-6-16(21)7-3-15/h2-9,13H,10-12H2,1H3,(H,22,24). The number of thioether (sulfide) groups is 1. The number of hydrogen-bond donors (Lipinski definition) is 1. The lowest BCUT2D eigenvalue weighted by atomic mass is 10.2. The maximum Gasteiger partial charge on any atom is 0.226 e. The summed E-state index contributed by atoms with van der Waals surface area (Å²) < 4.78 is 18.9. The summed E-state index contributed by atoms with van der Waals surface area (Å²) in [4.78, 5) is 16.6. The minimum Gasteiger partial charge on any atom is -0.497 e. The highest BCUT2D eigenvalue weighted by atomic mass is 32.2. The molecule has 27 heavy (non-hydrogen) atoms. The molecule has 0 aliphatic rings. The Labute approximate surface area is 165 Å². The van der Waals surface area contributed by atoms with Gasteiger partial charge in [-0.25, -0.2) is 9.37 Å². The predicted octanol–water partition coefficient (Wildman–Crippen LogP) is 4.44. The Morgan fingerprint density at radius 2 is 1.85 bits per heavy atom. The third-order valence-corrected chi connectivity index (χ3v) is 5.94. The van der Waals surface area contributed by atoms with E-state index in [0.29, 0.717) is 6.54 Å². The molecular formula is C20H19FN2O2S2. The number of rotatable bonds is 8. The number of nitrogens with one attached hydrogen (secondary N) is 1. The fourth-order valence-corrected chi connectivity index (χ4v) is 4.13. The summed E-state index contributed by atoms with van der Waals surface area (Å²) in [6.45, 7) is 0.471. The van der Waals surface area contributed by atoms with Gasteiger partial charge in [-0.15, -0.1) is 11.3 Å². The lowest BCUT2D eigenvalue weighted by molar-refractivity contribution is -0.120. The molecule has 0 saturated heterocycles. The number of ether oxygens (including phenoxy) is 1. The molecule has 3 aromatic rings. The van der Waals surface area contributed by atoms with Crippen molar-refractivity contribution in [2.75, 3.05) is 7.11 Å². The SMILES string of the molecule is COc1ccc(CNC(=O)Cc2csc(SCc3ccc(F)cc3)n2)cc1. The van der Waals surface area contributed by atoms with Gasteiger partial charge in [-0.1, -0.05) is 36.0 Å². The average Bonchev–Trinajstić information content (AvgIpc) is 3.13. The molecule has 0 atom stereocenters. The molecule has 0 fully saturated rings. The topological polar surface area (TPSA) is 51.2 Å². The second-order valence-electron chi connectivity index (χ2n) is 5.82. The molecule has 0 saturated carbocycles. The highest BCUT2D eigenvalue weighted by Gasteiger charge is 2.08. The van der Waals surface area contributed by atoms with Gasteiger partial charge in [-0.3, -0.25) is 4.79 Å². The summed E-state index contributed by atoms with van der Waals surface area (Å²) in [6.07, 6.45) is 0.254. The van der Waals surface area contributed by atoms with Crippen LogP contribution < -0.4 is 10.1 Å². The van der Waals surface area contributed by atoms with Crippen LogP contribution in [0.4, 0.5) is 4.39 Å². The van der Waals surface area contributed by atoms with E-state index < -0.39 is 0 Å². The molecule has 140 valence electrons. The first-order valence-corrected chi connectivity index (χ1v) is 10.2. The molecule has 7 heteroatoms. The maximum atomic E-state index is 12.9. The molecule has 1 heterocycles. The quantitative estimate of drug-likeness (QED) is 0.566. The Hall–Kier alpha value is -2.38. The van der Waals surface area contributed by atoms with Crippen molar-refractivity contribution >= 4 is 29.0 Å². The second-order valence-corrected chi connectivity index (χ2v) is 7.90. The monoisotopic (exact) mass is 402 g/mol. The van der Waals surface area contributed by atoms with Gasteiger partial charge in [0.15, 0.2) is 0 Å². The number of hydrogen-bond acceptors (Lipinski definition) is 5. The summed E-state index contributed by atoms with van der Waals surface area (Å²) in [7, 11) is 1.62. The Bertz CT molecular complexity index is 880. The number of carbonyl (C=O) groups excluding carboxylic acids is 1. The van der Waals surface area contributed by atoms with Crippen molar-refractivity contribution in [3.8, 4) is 5.75 Å². The van der Waals surface area contributed by atoms with Crippen LogP contribution in [-0.2, 0) is 23.5 Å². The van der Waals surface area contributed by atoms with E-state index in [9.17, 15) is 9.18 Å². The van der Waals surface area contributed by atoms with Crippen molar-refractivity contribution in [1.82, 2.24) is 10.3 Å². The molecule has 0 unspecified atom stereocenters. The van der Waals surface area contributed by atoms with Crippen LogP contribution in [-0.4, -0.2) is 18.0 Å². The van der Waals surface area contributed by atoms with Crippen molar-refractivity contribution < 1.29 is 13.9 Å². The first-order chi connectivity index (χ1) is 13.1. The first kappa shape index (κ1) is 19.4. The Morgan fingerprint density at radius 3 is 2.56 bits per heavy atom. The molecular weight excluding hydrogens is 383 g/mol. The Kier molecular flexibility index (Phi) is 6.84. The molecule has 3 rings (SSSR count). The number of amides is 1. The lowest BCUT2D eigenvalue weighted by Gasteiger charge is -2.05. The van der Waals surface area contributed by atoms with Crippen LogP contribution in [0, 0.1) is 5.82 Å². The van der Waals surface area contributed by atoms with Gasteiger partial charge in [0, 0.05) is 17.7 Å². The van der Waals surface area contributed by atoms with Crippen molar-refractivity contribution in [2.45, 2.75) is 23.1 Å². The van der Waals surface area contributed by atoms with Gasteiger partial charge in [0.05, 0.1) is 19.2 Å². The molecule has 0 aliphatic carbocycles. The van der Waals surface area contributed by atoms with Gasteiger partial charge in [0.25, 0.3) is 0 Å². The molecule has 2 aromatic carbocycles. The zero-order valence-electron chi connectivity index (χ0n) is 14.8. The van der Waals surface area contributed by atoms with Gasteiger partial charge in [0.2, 0.25) is 5.91 Å². The van der Waals surface area contributed by atoms with Crippen molar-refractivity contribution in [2.24, 2.45) is 0 Å². The third kappa shape index (κ3) is 6.08. The minimum atomic E-state index is -0.235. The number of benzene rings is 2. The molecule has 4 nitrogen and oxygen atoms in total. The van der Waals surface area contributed by atoms with Gasteiger partial charge in [-0.2, -0.15) is 0 Å². The van der Waals surface area contributed by atoms with Crippen LogP contribution in [0.15, 0.2) is 58.3 Å². The van der Waals surface area contributed by atoms with Crippen LogP contribution in [0.5, 0.6) is 5.75 Å². The van der Waals surface area contributed by atoms with Gasteiger partial charge in [-0.05, 0) is 35.4 Å². The summed E-state index contributed by atoms with van der Waals surface area (Å²) >= 11 is 3.10. The van der Waals surface area contributed by atoms with E-state index in [1.54, 1.807) is 31.0 Å². The average molecular weight is 403 g/mol. The second kappa shape index (κ2) is 9.53.